The molecule has 16 unspecified atom stereocenters. The molecule has 1 aliphatic carbocycles. The number of hydrogen-bond acceptors (Lipinski definition) is 11. The molecule has 0 aromatic heterocycles. The molecule has 0 aromatic rings. The van der Waals surface area contributed by atoms with Gasteiger partial charge in [0.2, 0.25) is 0 Å². The second kappa shape index (κ2) is 16.0. The van der Waals surface area contributed by atoms with Crippen LogP contribution in [0.2, 0.25) is 0 Å². The number of allylic oxidation sites excluding steroid dienone is 2. The summed E-state index contributed by atoms with van der Waals surface area (Å²) >= 11 is 0. The normalized spacial score (nSPS) is 48.1. The van der Waals surface area contributed by atoms with Crippen molar-refractivity contribution in [1.29, 1.82) is 0 Å². The van der Waals surface area contributed by atoms with Crippen molar-refractivity contribution < 1.29 is 53.3 Å². The number of aliphatic hydroxyl groups is 3. The maximum absolute atomic E-state index is 14.2. The molecule has 2 bridgehead atoms. The number of hydrogen-bond donors (Lipinski definition) is 3. The molecular formula is C41H62O11. The fraction of sp³-hybridized carbons (Fsp3) is 0.780. The molecule has 0 radical (unpaired) electrons. The van der Waals surface area contributed by atoms with Crippen LogP contribution < -0.4 is 0 Å². The average Bonchev–Trinajstić information content (AvgIpc) is 3.45. The molecule has 1 spiro atoms. The van der Waals surface area contributed by atoms with Gasteiger partial charge < -0.3 is 48.5 Å². The van der Waals surface area contributed by atoms with E-state index in [4.69, 9.17) is 33.2 Å². The zero-order chi connectivity index (χ0) is 37.5. The Morgan fingerprint density at radius 3 is 2.58 bits per heavy atom. The van der Waals surface area contributed by atoms with Gasteiger partial charge in [-0.05, 0) is 62.2 Å². The Balaban J connectivity index is 1.37. The van der Waals surface area contributed by atoms with Crippen LogP contribution in [-0.4, -0.2) is 108 Å². The summed E-state index contributed by atoms with van der Waals surface area (Å²) in [7, 11) is 1.58. The van der Waals surface area contributed by atoms with Crippen molar-refractivity contribution in [2.24, 2.45) is 23.7 Å². The number of aliphatic hydroxyl groups excluding tert-OH is 2. The average molecular weight is 731 g/mol. The van der Waals surface area contributed by atoms with Gasteiger partial charge in [0.05, 0.1) is 37.1 Å². The minimum Gasteiger partial charge on any atom is -0.462 e. The minimum absolute atomic E-state index is 0.0111. The van der Waals surface area contributed by atoms with Gasteiger partial charge in [0.15, 0.2) is 12.1 Å². The molecule has 292 valence electrons. The quantitative estimate of drug-likeness (QED) is 0.258. The van der Waals surface area contributed by atoms with E-state index in [2.05, 4.69) is 33.8 Å². The molecule has 0 amide bonds. The summed E-state index contributed by atoms with van der Waals surface area (Å²) in [6.07, 6.45) is 8.24. The van der Waals surface area contributed by atoms with Crippen molar-refractivity contribution in [2.45, 2.75) is 166 Å². The van der Waals surface area contributed by atoms with Crippen LogP contribution in [0.25, 0.3) is 0 Å². The van der Waals surface area contributed by atoms with Crippen molar-refractivity contribution in [1.82, 2.24) is 0 Å². The molecule has 0 aromatic carbocycles. The first-order chi connectivity index (χ1) is 24.7. The van der Waals surface area contributed by atoms with Crippen LogP contribution in [0.1, 0.15) is 93.4 Å². The molecule has 5 heterocycles. The summed E-state index contributed by atoms with van der Waals surface area (Å²) in [6, 6.07) is 0. The summed E-state index contributed by atoms with van der Waals surface area (Å²) in [4.78, 5) is 14.2. The lowest BCUT2D eigenvalue weighted by molar-refractivity contribution is -0.340. The van der Waals surface area contributed by atoms with Crippen LogP contribution >= 0.6 is 0 Å². The third-order valence-corrected chi connectivity index (χ3v) is 12.7. The molecular weight excluding hydrogens is 668 g/mol. The number of esters is 1. The molecule has 5 aliphatic heterocycles. The van der Waals surface area contributed by atoms with Crippen LogP contribution in [0.4, 0.5) is 0 Å². The molecule has 3 N–H and O–H groups in total. The highest BCUT2D eigenvalue weighted by Gasteiger charge is 2.60. The summed E-state index contributed by atoms with van der Waals surface area (Å²) in [5, 5.41) is 34.1. The number of ether oxygens (including phenoxy) is 7. The Hall–Kier alpha value is -1.93. The lowest BCUT2D eigenvalue weighted by Crippen LogP contribution is -2.58. The van der Waals surface area contributed by atoms with Crippen LogP contribution in [0, 0.1) is 23.7 Å². The van der Waals surface area contributed by atoms with Gasteiger partial charge in [-0.25, -0.2) is 0 Å². The van der Waals surface area contributed by atoms with Crippen LogP contribution in [0.15, 0.2) is 47.1 Å². The maximum Gasteiger partial charge on any atom is 0.316 e. The van der Waals surface area contributed by atoms with Gasteiger partial charge in [-0.2, -0.15) is 0 Å². The Kier molecular flexibility index (Phi) is 12.3. The lowest BCUT2D eigenvalue weighted by atomic mass is 9.71. The Morgan fingerprint density at radius 2 is 1.85 bits per heavy atom. The molecule has 11 heteroatoms. The van der Waals surface area contributed by atoms with Crippen molar-refractivity contribution in [3.63, 3.8) is 0 Å². The first-order valence-corrected chi connectivity index (χ1v) is 19.5. The highest BCUT2D eigenvalue weighted by molar-refractivity contribution is 5.78. The zero-order valence-corrected chi connectivity index (χ0v) is 32.2. The standard InChI is InChI=1S/C41H62O11/c1-9-22(2)37-25(5)15-16-40(52-37)20-30-18-29(51-40)14-13-24(4)36(50-33-19-32(46-8)35(43)27(7)48-33)23(3)11-10-12-28-21-47-38-34(42)26(6)17-31(39(44)49-30)41(28,38)45/h10-13,17,22-23,25,27,29-38,42-43,45H,9,14-16,18-21H2,1-8H3/b11-10-,24-13-,28-12?. The van der Waals surface area contributed by atoms with E-state index in [0.29, 0.717) is 55.1 Å². The minimum atomic E-state index is -1.80. The Labute approximate surface area is 309 Å². The van der Waals surface area contributed by atoms with E-state index in [1.807, 2.05) is 26.0 Å². The molecule has 6 aliphatic rings. The van der Waals surface area contributed by atoms with Crippen molar-refractivity contribution in [2.75, 3.05) is 13.7 Å². The third-order valence-electron chi connectivity index (χ3n) is 12.7. The van der Waals surface area contributed by atoms with Gasteiger partial charge in [0.1, 0.15) is 35.9 Å². The molecule has 6 rings (SSSR count). The fourth-order valence-electron chi connectivity index (χ4n) is 9.27. The van der Waals surface area contributed by atoms with E-state index in [1.165, 1.54) is 0 Å². The Bertz CT molecular complexity index is 1400. The summed E-state index contributed by atoms with van der Waals surface area (Å²) < 4.78 is 44.6. The fourth-order valence-corrected chi connectivity index (χ4v) is 9.27. The van der Waals surface area contributed by atoms with E-state index < -0.39 is 72.3 Å². The van der Waals surface area contributed by atoms with Gasteiger partial charge in [0, 0.05) is 38.7 Å². The predicted molar refractivity (Wildman–Crippen MR) is 193 cm³/mol. The molecule has 11 nitrogen and oxygen atoms in total. The topological polar surface area (TPSA) is 142 Å². The molecule has 16 atom stereocenters. The summed E-state index contributed by atoms with van der Waals surface area (Å²) in [5.74, 6) is -1.98. The molecule has 4 saturated heterocycles. The number of fused-ring (bicyclic) bond motifs is 2. The monoisotopic (exact) mass is 730 g/mol. The second-order valence-corrected chi connectivity index (χ2v) is 16.5. The molecule has 52 heavy (non-hydrogen) atoms. The first kappa shape index (κ1) is 39.8. The Morgan fingerprint density at radius 1 is 1.08 bits per heavy atom. The summed E-state index contributed by atoms with van der Waals surface area (Å²) in [5.41, 5.74) is 0.238. The van der Waals surface area contributed by atoms with Gasteiger partial charge >= 0.3 is 5.97 Å². The largest absolute Gasteiger partial charge is 0.462 e. The van der Waals surface area contributed by atoms with Crippen molar-refractivity contribution in [3.8, 4) is 0 Å². The second-order valence-electron chi connectivity index (χ2n) is 16.5. The van der Waals surface area contributed by atoms with Crippen LogP contribution in [0.5, 0.6) is 0 Å². The van der Waals surface area contributed by atoms with Crippen molar-refractivity contribution in [3.05, 3.63) is 47.1 Å². The zero-order valence-electron chi connectivity index (χ0n) is 32.2. The smallest absolute Gasteiger partial charge is 0.316 e. The summed E-state index contributed by atoms with van der Waals surface area (Å²) in [6.45, 7) is 14.3. The van der Waals surface area contributed by atoms with Gasteiger partial charge in [-0.15, -0.1) is 0 Å². The SMILES string of the molecule is CCC(C)C1OC2(CCC1C)CC1CC(C/C=C(/C)C(OC3CC(OC)C(O)C(C)O3)C(C)/C=C\C=C3COC4C(O)C(C)=CC(C(=O)O1)C34O)O2. The number of methoxy groups -OCH3 is 1. The van der Waals surface area contributed by atoms with E-state index >= 15 is 0 Å². The van der Waals surface area contributed by atoms with E-state index in [9.17, 15) is 20.1 Å². The lowest BCUT2D eigenvalue weighted by Gasteiger charge is -2.51. The predicted octanol–water partition coefficient (Wildman–Crippen LogP) is 5.07. The maximum atomic E-state index is 14.2. The van der Waals surface area contributed by atoms with Crippen LogP contribution in [0.3, 0.4) is 0 Å². The third kappa shape index (κ3) is 7.77. The highest BCUT2D eigenvalue weighted by atomic mass is 16.7. The number of carbonyl (C=O) groups is 1. The highest BCUT2D eigenvalue weighted by Crippen LogP contribution is 2.48. The van der Waals surface area contributed by atoms with E-state index in [-0.39, 0.29) is 24.7 Å². The van der Waals surface area contributed by atoms with E-state index in [0.717, 1.165) is 18.4 Å². The van der Waals surface area contributed by atoms with Crippen molar-refractivity contribution >= 4 is 5.97 Å². The van der Waals surface area contributed by atoms with Gasteiger partial charge in [0.25, 0.3) is 0 Å². The van der Waals surface area contributed by atoms with Gasteiger partial charge in [-0.3, -0.25) is 4.79 Å². The van der Waals surface area contributed by atoms with Gasteiger partial charge in [-0.1, -0.05) is 64.5 Å². The number of carbonyl (C=O) groups excluding carboxylic acids is 1. The first-order valence-electron chi connectivity index (χ1n) is 19.5. The molecule has 0 saturated carbocycles. The number of rotatable bonds is 5. The van der Waals surface area contributed by atoms with E-state index in [1.54, 1.807) is 26.2 Å². The van der Waals surface area contributed by atoms with Crippen LogP contribution in [-0.2, 0) is 38.0 Å². The molecule has 4 fully saturated rings.